The third-order valence-electron chi connectivity index (χ3n) is 4.72. The first kappa shape index (κ1) is 15.3. The van der Waals surface area contributed by atoms with Crippen molar-refractivity contribution >= 4 is 11.8 Å². The van der Waals surface area contributed by atoms with E-state index < -0.39 is 6.04 Å². The van der Waals surface area contributed by atoms with Crippen molar-refractivity contribution < 1.29 is 14.3 Å². The van der Waals surface area contributed by atoms with Gasteiger partial charge in [-0.1, -0.05) is 27.7 Å². The number of amides is 2. The topological polar surface area (TPSA) is 58.6 Å². The molecule has 2 fully saturated rings. The first-order chi connectivity index (χ1) is 9.28. The Morgan fingerprint density at radius 3 is 2.55 bits per heavy atom. The lowest BCUT2D eigenvalue weighted by molar-refractivity contribution is -0.176. The van der Waals surface area contributed by atoms with Crippen molar-refractivity contribution in [3.8, 4) is 0 Å². The van der Waals surface area contributed by atoms with E-state index in [1.54, 1.807) is 4.90 Å². The van der Waals surface area contributed by atoms with Crippen LogP contribution < -0.4 is 5.32 Å². The molecule has 114 valence electrons. The van der Waals surface area contributed by atoms with Crippen LogP contribution in [0, 0.1) is 11.3 Å². The van der Waals surface area contributed by atoms with Crippen LogP contribution in [0.15, 0.2) is 0 Å². The number of hydrogen-bond donors (Lipinski definition) is 1. The van der Waals surface area contributed by atoms with Gasteiger partial charge in [0.15, 0.2) is 0 Å². The van der Waals surface area contributed by atoms with Crippen LogP contribution in [-0.4, -0.2) is 48.1 Å². The Bertz CT molecular complexity index is 406. The lowest BCUT2D eigenvalue weighted by Crippen LogP contribution is -2.70. The Labute approximate surface area is 121 Å². The number of piperazine rings is 1. The molecule has 0 aromatic carbocycles. The summed E-state index contributed by atoms with van der Waals surface area (Å²) in [4.78, 5) is 26.2. The van der Waals surface area contributed by atoms with Crippen LogP contribution in [-0.2, 0) is 14.3 Å². The molecule has 1 saturated heterocycles. The number of carbonyl (C=O) groups excluding carboxylic acids is 2. The van der Waals surface area contributed by atoms with Crippen molar-refractivity contribution in [1.82, 2.24) is 10.2 Å². The first-order valence-electron chi connectivity index (χ1n) is 7.50. The predicted molar refractivity (Wildman–Crippen MR) is 76.1 cm³/mol. The third-order valence-corrected chi connectivity index (χ3v) is 4.72. The van der Waals surface area contributed by atoms with Crippen molar-refractivity contribution in [2.24, 2.45) is 11.3 Å². The molecule has 1 saturated carbocycles. The molecule has 0 radical (unpaired) electrons. The number of carbonyl (C=O) groups is 2. The average Bonchev–Trinajstić information content (AvgIpc) is 2.36. The summed E-state index contributed by atoms with van der Waals surface area (Å²) in [6.07, 6.45) is 0.998. The molecular weight excluding hydrogens is 256 g/mol. The van der Waals surface area contributed by atoms with Gasteiger partial charge >= 0.3 is 0 Å². The van der Waals surface area contributed by atoms with Crippen LogP contribution in [0.4, 0.5) is 0 Å². The third kappa shape index (κ3) is 2.43. The Hall–Kier alpha value is -1.10. The lowest BCUT2D eigenvalue weighted by atomic mass is 9.63. The molecule has 5 nitrogen and oxygen atoms in total. The van der Waals surface area contributed by atoms with E-state index >= 15 is 0 Å². The van der Waals surface area contributed by atoms with E-state index in [9.17, 15) is 9.59 Å². The number of nitrogens with one attached hydrogen (secondary N) is 1. The van der Waals surface area contributed by atoms with Gasteiger partial charge in [0.05, 0.1) is 12.6 Å². The Kier molecular flexibility index (Phi) is 4.09. The molecule has 2 rings (SSSR count). The Morgan fingerprint density at radius 2 is 2.05 bits per heavy atom. The Morgan fingerprint density at radius 1 is 1.40 bits per heavy atom. The molecule has 3 atom stereocenters. The molecule has 1 heterocycles. The maximum atomic E-state index is 12.6. The minimum Gasteiger partial charge on any atom is -0.378 e. The van der Waals surface area contributed by atoms with Gasteiger partial charge in [-0.05, 0) is 19.3 Å². The second kappa shape index (κ2) is 5.35. The average molecular weight is 282 g/mol. The fraction of sp³-hybridized carbons (Fsp3) is 0.867. The van der Waals surface area contributed by atoms with Gasteiger partial charge in [0, 0.05) is 18.1 Å². The highest BCUT2D eigenvalue weighted by atomic mass is 16.5. The molecule has 0 bridgehead atoms. The molecule has 2 amide bonds. The van der Waals surface area contributed by atoms with Crippen molar-refractivity contribution in [2.75, 3.05) is 13.2 Å². The zero-order valence-electron chi connectivity index (χ0n) is 13.1. The van der Waals surface area contributed by atoms with Crippen molar-refractivity contribution in [3.63, 3.8) is 0 Å². The van der Waals surface area contributed by atoms with E-state index in [1.807, 2.05) is 20.8 Å². The highest BCUT2D eigenvalue weighted by molar-refractivity contribution is 5.95. The quantitative estimate of drug-likeness (QED) is 0.842. The maximum absolute atomic E-state index is 12.6. The molecule has 3 unspecified atom stereocenters. The SMILES string of the molecule is CCOC1CC(N2CC(=O)NC(C(C)C)C2=O)C1(C)C. The minimum atomic E-state index is -0.391. The van der Waals surface area contributed by atoms with Gasteiger partial charge in [-0.3, -0.25) is 9.59 Å². The molecule has 1 N–H and O–H groups in total. The maximum Gasteiger partial charge on any atom is 0.246 e. The molecule has 2 aliphatic rings. The smallest absolute Gasteiger partial charge is 0.246 e. The molecular formula is C15H26N2O3. The number of nitrogens with zero attached hydrogens (tertiary/aromatic N) is 1. The van der Waals surface area contributed by atoms with Gasteiger partial charge in [-0.15, -0.1) is 0 Å². The van der Waals surface area contributed by atoms with Crippen molar-refractivity contribution in [3.05, 3.63) is 0 Å². The van der Waals surface area contributed by atoms with Crippen LogP contribution in [0.25, 0.3) is 0 Å². The molecule has 0 aromatic heterocycles. The van der Waals surface area contributed by atoms with Gasteiger partial charge in [0.2, 0.25) is 11.8 Å². The largest absolute Gasteiger partial charge is 0.378 e. The van der Waals surface area contributed by atoms with Gasteiger partial charge < -0.3 is 15.0 Å². The van der Waals surface area contributed by atoms with E-state index in [0.29, 0.717) is 6.61 Å². The summed E-state index contributed by atoms with van der Waals surface area (Å²) in [5.41, 5.74) is -0.0924. The second-order valence-corrected chi connectivity index (χ2v) is 6.77. The lowest BCUT2D eigenvalue weighted by Gasteiger charge is -2.56. The first-order valence-corrected chi connectivity index (χ1v) is 7.50. The number of rotatable bonds is 4. The standard InChI is InChI=1S/C15H26N2O3/c1-6-20-11-7-10(15(11,4)5)17-8-12(18)16-13(9(2)3)14(17)19/h9-11,13H,6-8H2,1-5H3,(H,16,18). The van der Waals surface area contributed by atoms with Crippen molar-refractivity contribution in [1.29, 1.82) is 0 Å². The second-order valence-electron chi connectivity index (χ2n) is 6.77. The van der Waals surface area contributed by atoms with E-state index in [2.05, 4.69) is 19.2 Å². The van der Waals surface area contributed by atoms with E-state index in [4.69, 9.17) is 4.74 Å². The normalized spacial score (nSPS) is 33.1. The summed E-state index contributed by atoms with van der Waals surface area (Å²) in [5, 5.41) is 2.80. The van der Waals surface area contributed by atoms with Crippen molar-refractivity contribution in [2.45, 2.75) is 59.2 Å². The van der Waals surface area contributed by atoms with Gasteiger partial charge in [-0.2, -0.15) is 0 Å². The summed E-state index contributed by atoms with van der Waals surface area (Å²) in [6, 6.07) is -0.294. The predicted octanol–water partition coefficient (Wildman–Crippen LogP) is 1.17. The van der Waals surface area contributed by atoms with Gasteiger partial charge in [0.25, 0.3) is 0 Å². The fourth-order valence-electron chi connectivity index (χ4n) is 3.28. The highest BCUT2D eigenvalue weighted by Gasteiger charge is 2.54. The van der Waals surface area contributed by atoms with E-state index in [-0.39, 0.29) is 41.8 Å². The van der Waals surface area contributed by atoms with E-state index in [0.717, 1.165) is 6.42 Å². The summed E-state index contributed by atoms with van der Waals surface area (Å²) in [7, 11) is 0. The van der Waals surface area contributed by atoms with Crippen LogP contribution in [0.5, 0.6) is 0 Å². The molecule has 0 aromatic rings. The highest BCUT2D eigenvalue weighted by Crippen LogP contribution is 2.46. The van der Waals surface area contributed by atoms with Crippen LogP contribution >= 0.6 is 0 Å². The molecule has 0 spiro atoms. The number of hydrogen-bond acceptors (Lipinski definition) is 3. The zero-order valence-corrected chi connectivity index (χ0v) is 13.1. The summed E-state index contributed by atoms with van der Waals surface area (Å²) < 4.78 is 5.71. The molecule has 5 heteroatoms. The summed E-state index contributed by atoms with van der Waals surface area (Å²) in [6.45, 7) is 11.0. The van der Waals surface area contributed by atoms with Crippen LogP contribution in [0.3, 0.4) is 0 Å². The monoisotopic (exact) mass is 282 g/mol. The Balaban J connectivity index is 2.12. The van der Waals surface area contributed by atoms with E-state index in [1.165, 1.54) is 0 Å². The fourth-order valence-corrected chi connectivity index (χ4v) is 3.28. The summed E-state index contributed by atoms with van der Waals surface area (Å²) >= 11 is 0. The summed E-state index contributed by atoms with van der Waals surface area (Å²) in [5.74, 6) is 0.103. The minimum absolute atomic E-state index is 0.0487. The zero-order chi connectivity index (χ0) is 15.1. The van der Waals surface area contributed by atoms with Gasteiger partial charge in [0.1, 0.15) is 6.04 Å². The molecule has 1 aliphatic heterocycles. The van der Waals surface area contributed by atoms with Gasteiger partial charge in [-0.25, -0.2) is 0 Å². The van der Waals surface area contributed by atoms with Crippen LogP contribution in [0.2, 0.25) is 0 Å². The molecule has 20 heavy (non-hydrogen) atoms. The number of ether oxygens (including phenoxy) is 1. The van der Waals surface area contributed by atoms with Crippen LogP contribution in [0.1, 0.15) is 41.0 Å². The molecule has 1 aliphatic carbocycles.